The Morgan fingerprint density at radius 3 is 2.56 bits per heavy atom. The smallest absolute Gasteiger partial charge is 0.221 e. The van der Waals surface area contributed by atoms with E-state index in [1.54, 1.807) is 12.1 Å². The molecule has 0 bridgehead atoms. The van der Waals surface area contributed by atoms with Crippen molar-refractivity contribution in [1.82, 2.24) is 10.6 Å². The quantitative estimate of drug-likeness (QED) is 0.694. The fourth-order valence-electron chi connectivity index (χ4n) is 1.56. The Bertz CT molecular complexity index is 351. The van der Waals surface area contributed by atoms with Gasteiger partial charge in [0.15, 0.2) is 0 Å². The first-order valence-corrected chi connectivity index (χ1v) is 6.44. The molecular formula is C14H21FN2O. The van der Waals surface area contributed by atoms with E-state index in [4.69, 9.17) is 0 Å². The Balaban J connectivity index is 2.05. The van der Waals surface area contributed by atoms with E-state index < -0.39 is 0 Å². The third kappa shape index (κ3) is 6.35. The Kier molecular flexibility index (Phi) is 7.03. The lowest BCUT2D eigenvalue weighted by Crippen LogP contribution is -2.28. The molecule has 0 radical (unpaired) electrons. The summed E-state index contributed by atoms with van der Waals surface area (Å²) in [5.74, 6) is -0.120. The molecule has 0 fully saturated rings. The SMILES string of the molecule is CCCNC(=O)CCNCCc1ccc(F)cc1. The Labute approximate surface area is 108 Å². The van der Waals surface area contributed by atoms with Crippen molar-refractivity contribution in [3.05, 3.63) is 35.6 Å². The largest absolute Gasteiger partial charge is 0.356 e. The predicted octanol–water partition coefficient (Wildman–Crippen LogP) is 1.87. The molecule has 2 N–H and O–H groups in total. The molecule has 1 aromatic rings. The van der Waals surface area contributed by atoms with Crippen molar-refractivity contribution in [2.45, 2.75) is 26.2 Å². The van der Waals surface area contributed by atoms with Crippen molar-refractivity contribution >= 4 is 5.91 Å². The van der Waals surface area contributed by atoms with Gasteiger partial charge in [-0.05, 0) is 37.1 Å². The lowest BCUT2D eigenvalue weighted by atomic mass is 10.1. The molecule has 0 aliphatic rings. The summed E-state index contributed by atoms with van der Waals surface area (Å²) in [7, 11) is 0. The van der Waals surface area contributed by atoms with E-state index in [1.807, 2.05) is 6.92 Å². The number of nitrogens with one attached hydrogen (secondary N) is 2. The van der Waals surface area contributed by atoms with Crippen molar-refractivity contribution in [3.63, 3.8) is 0 Å². The Morgan fingerprint density at radius 1 is 1.17 bits per heavy atom. The molecule has 1 amide bonds. The number of rotatable bonds is 8. The second-order valence-corrected chi connectivity index (χ2v) is 4.23. The van der Waals surface area contributed by atoms with E-state index in [-0.39, 0.29) is 11.7 Å². The second kappa shape index (κ2) is 8.64. The molecule has 100 valence electrons. The molecule has 0 saturated heterocycles. The van der Waals surface area contributed by atoms with Gasteiger partial charge in [0, 0.05) is 19.5 Å². The molecule has 0 aliphatic heterocycles. The molecule has 0 atom stereocenters. The van der Waals surface area contributed by atoms with Gasteiger partial charge in [-0.15, -0.1) is 0 Å². The molecule has 0 saturated carbocycles. The summed E-state index contributed by atoms with van der Waals surface area (Å²) < 4.78 is 12.7. The monoisotopic (exact) mass is 252 g/mol. The van der Waals surface area contributed by atoms with Gasteiger partial charge in [-0.1, -0.05) is 19.1 Å². The van der Waals surface area contributed by atoms with Crippen LogP contribution in [0.15, 0.2) is 24.3 Å². The van der Waals surface area contributed by atoms with Gasteiger partial charge in [0.25, 0.3) is 0 Å². The summed E-state index contributed by atoms with van der Waals surface area (Å²) in [5, 5.41) is 6.03. The number of hydrogen-bond donors (Lipinski definition) is 2. The zero-order chi connectivity index (χ0) is 13.2. The topological polar surface area (TPSA) is 41.1 Å². The molecule has 0 heterocycles. The highest BCUT2D eigenvalue weighted by molar-refractivity contribution is 5.75. The molecule has 3 nitrogen and oxygen atoms in total. The number of hydrogen-bond acceptors (Lipinski definition) is 2. The van der Waals surface area contributed by atoms with Crippen LogP contribution < -0.4 is 10.6 Å². The maximum Gasteiger partial charge on any atom is 0.221 e. The Morgan fingerprint density at radius 2 is 1.89 bits per heavy atom. The molecule has 0 aliphatic carbocycles. The molecule has 0 spiro atoms. The minimum Gasteiger partial charge on any atom is -0.356 e. The fraction of sp³-hybridized carbons (Fsp3) is 0.500. The fourth-order valence-corrected chi connectivity index (χ4v) is 1.56. The minimum absolute atomic E-state index is 0.0890. The van der Waals surface area contributed by atoms with Gasteiger partial charge < -0.3 is 10.6 Å². The van der Waals surface area contributed by atoms with Crippen molar-refractivity contribution < 1.29 is 9.18 Å². The average molecular weight is 252 g/mol. The molecule has 0 aromatic heterocycles. The van der Waals surface area contributed by atoms with Gasteiger partial charge in [0.05, 0.1) is 0 Å². The summed E-state index contributed by atoms with van der Waals surface area (Å²) in [5.41, 5.74) is 1.10. The Hall–Kier alpha value is -1.42. The number of halogens is 1. The number of carbonyl (C=O) groups is 1. The van der Waals surface area contributed by atoms with Crippen molar-refractivity contribution in [1.29, 1.82) is 0 Å². The van der Waals surface area contributed by atoms with Crippen LogP contribution in [0.5, 0.6) is 0 Å². The van der Waals surface area contributed by atoms with Gasteiger partial charge in [-0.25, -0.2) is 4.39 Å². The van der Waals surface area contributed by atoms with Crippen molar-refractivity contribution in [2.75, 3.05) is 19.6 Å². The van der Waals surface area contributed by atoms with Crippen LogP contribution in [-0.2, 0) is 11.2 Å². The molecule has 18 heavy (non-hydrogen) atoms. The van der Waals surface area contributed by atoms with Crippen LogP contribution in [0.25, 0.3) is 0 Å². The highest BCUT2D eigenvalue weighted by Crippen LogP contribution is 2.02. The van der Waals surface area contributed by atoms with Gasteiger partial charge >= 0.3 is 0 Å². The highest BCUT2D eigenvalue weighted by Gasteiger charge is 1.99. The second-order valence-electron chi connectivity index (χ2n) is 4.23. The minimum atomic E-state index is -0.209. The van der Waals surface area contributed by atoms with Crippen molar-refractivity contribution in [3.8, 4) is 0 Å². The van der Waals surface area contributed by atoms with E-state index in [0.717, 1.165) is 31.5 Å². The summed E-state index contributed by atoms with van der Waals surface area (Å²) in [6, 6.07) is 6.50. The van der Waals surface area contributed by atoms with E-state index >= 15 is 0 Å². The first kappa shape index (κ1) is 14.6. The number of amides is 1. The van der Waals surface area contributed by atoms with E-state index in [1.165, 1.54) is 12.1 Å². The van der Waals surface area contributed by atoms with Crippen molar-refractivity contribution in [2.24, 2.45) is 0 Å². The van der Waals surface area contributed by atoms with Crippen LogP contribution in [0.2, 0.25) is 0 Å². The average Bonchev–Trinajstić information content (AvgIpc) is 2.38. The normalized spacial score (nSPS) is 10.3. The van der Waals surface area contributed by atoms with Gasteiger partial charge in [-0.3, -0.25) is 4.79 Å². The number of benzene rings is 1. The van der Waals surface area contributed by atoms with Crippen LogP contribution in [0.1, 0.15) is 25.3 Å². The summed E-state index contributed by atoms with van der Waals surface area (Å²) in [6.45, 7) is 4.25. The zero-order valence-electron chi connectivity index (χ0n) is 10.8. The van der Waals surface area contributed by atoms with Gasteiger partial charge in [0.1, 0.15) is 5.82 Å². The van der Waals surface area contributed by atoms with Crippen LogP contribution >= 0.6 is 0 Å². The van der Waals surface area contributed by atoms with E-state index in [0.29, 0.717) is 13.0 Å². The zero-order valence-corrected chi connectivity index (χ0v) is 10.8. The van der Waals surface area contributed by atoms with Crippen LogP contribution in [-0.4, -0.2) is 25.5 Å². The van der Waals surface area contributed by atoms with Crippen LogP contribution in [0, 0.1) is 5.82 Å². The molecule has 1 aromatic carbocycles. The maximum absolute atomic E-state index is 12.7. The third-order valence-corrected chi connectivity index (χ3v) is 2.60. The third-order valence-electron chi connectivity index (χ3n) is 2.60. The van der Waals surface area contributed by atoms with E-state index in [9.17, 15) is 9.18 Å². The molecule has 0 unspecified atom stereocenters. The lowest BCUT2D eigenvalue weighted by molar-refractivity contribution is -0.120. The van der Waals surface area contributed by atoms with Gasteiger partial charge in [0.2, 0.25) is 5.91 Å². The highest BCUT2D eigenvalue weighted by atomic mass is 19.1. The summed E-state index contributed by atoms with van der Waals surface area (Å²) in [4.78, 5) is 11.3. The van der Waals surface area contributed by atoms with Crippen LogP contribution in [0.4, 0.5) is 4.39 Å². The molecular weight excluding hydrogens is 231 g/mol. The van der Waals surface area contributed by atoms with Gasteiger partial charge in [-0.2, -0.15) is 0 Å². The first-order valence-electron chi connectivity index (χ1n) is 6.44. The first-order chi connectivity index (χ1) is 8.72. The maximum atomic E-state index is 12.7. The molecule has 1 rings (SSSR count). The van der Waals surface area contributed by atoms with Crippen LogP contribution in [0.3, 0.4) is 0 Å². The summed E-state index contributed by atoms with van der Waals surface area (Å²) >= 11 is 0. The lowest BCUT2D eigenvalue weighted by Gasteiger charge is -2.05. The van der Waals surface area contributed by atoms with E-state index in [2.05, 4.69) is 10.6 Å². The molecule has 4 heteroatoms. The summed E-state index contributed by atoms with van der Waals surface area (Å²) in [6.07, 6.45) is 2.31. The predicted molar refractivity (Wildman–Crippen MR) is 70.9 cm³/mol. The standard InChI is InChI=1S/C14H21FN2O/c1-2-9-17-14(18)8-11-16-10-7-12-3-5-13(15)6-4-12/h3-6,16H,2,7-11H2,1H3,(H,17,18). The number of carbonyl (C=O) groups excluding carboxylic acids is 1.